The highest BCUT2D eigenvalue weighted by Crippen LogP contribution is 2.12. The number of hydrogen-bond donors (Lipinski definition) is 0. The molecule has 7 heteroatoms. The minimum Gasteiger partial charge on any atom is -0.269 e. The molecule has 1 aromatic heterocycles. The quantitative estimate of drug-likeness (QED) is 0.495. The number of rotatable bonds is 1. The first-order valence-electron chi connectivity index (χ1n) is 3.36. The number of anilines is 1. The summed E-state index contributed by atoms with van der Waals surface area (Å²) in [6, 6.07) is 0. The minimum atomic E-state index is -0.452. The number of carbonyl (C=O) groups is 2. The Balaban J connectivity index is 2.38. The number of imide groups is 1. The van der Waals surface area contributed by atoms with Gasteiger partial charge in [-0.25, -0.2) is 4.90 Å². The molecule has 0 saturated heterocycles. The van der Waals surface area contributed by atoms with Gasteiger partial charge in [-0.05, 0) is 10.4 Å². The number of amides is 2. The zero-order valence-corrected chi connectivity index (χ0v) is 6.28. The van der Waals surface area contributed by atoms with Crippen LogP contribution in [0.5, 0.6) is 0 Å². The van der Waals surface area contributed by atoms with E-state index in [9.17, 15) is 9.59 Å². The summed E-state index contributed by atoms with van der Waals surface area (Å²) in [5, 5.41) is 13.3. The average Bonchev–Trinajstić information content (AvgIpc) is 2.48. The van der Waals surface area contributed by atoms with Crippen molar-refractivity contribution in [2.45, 2.75) is 0 Å². The van der Waals surface area contributed by atoms with Gasteiger partial charge in [-0.15, -0.1) is 10.2 Å². The summed E-state index contributed by atoms with van der Waals surface area (Å²) in [7, 11) is 0. The van der Waals surface area contributed by atoms with Crippen molar-refractivity contribution in [1.82, 2.24) is 20.6 Å². The van der Waals surface area contributed by atoms with Crippen molar-refractivity contribution in [3.63, 3.8) is 0 Å². The summed E-state index contributed by atoms with van der Waals surface area (Å²) < 4.78 is 0. The smallest absolute Gasteiger partial charge is 0.259 e. The Labute approximate surface area is 72.1 Å². The van der Waals surface area contributed by atoms with Crippen molar-refractivity contribution in [1.29, 1.82) is 0 Å². The van der Waals surface area contributed by atoms with Crippen LogP contribution in [0, 0.1) is 0 Å². The lowest BCUT2D eigenvalue weighted by molar-refractivity contribution is -0.120. The lowest BCUT2D eigenvalue weighted by Gasteiger charge is -2.09. The van der Waals surface area contributed by atoms with Crippen molar-refractivity contribution < 1.29 is 9.59 Å². The topological polar surface area (TPSA) is 88.9 Å². The average molecular weight is 177 g/mol. The van der Waals surface area contributed by atoms with Gasteiger partial charge in [-0.1, -0.05) is 0 Å². The molecule has 2 rings (SSSR count). The van der Waals surface area contributed by atoms with Crippen molar-refractivity contribution in [2.75, 3.05) is 4.90 Å². The second-order valence-corrected chi connectivity index (χ2v) is 2.23. The van der Waals surface area contributed by atoms with Gasteiger partial charge < -0.3 is 0 Å². The molecule has 1 aliphatic rings. The Morgan fingerprint density at radius 3 is 2.31 bits per heavy atom. The molecule has 0 saturated carbocycles. The molecule has 0 bridgehead atoms. The number of aromatic nitrogens is 4. The molecule has 0 N–H and O–H groups in total. The number of hydrogen-bond acceptors (Lipinski definition) is 6. The third-order valence-corrected chi connectivity index (χ3v) is 1.45. The van der Waals surface area contributed by atoms with Crippen LogP contribution in [0.1, 0.15) is 0 Å². The van der Waals surface area contributed by atoms with Crippen LogP contribution in [-0.2, 0) is 9.59 Å². The molecule has 7 nitrogen and oxygen atoms in total. The normalized spacial score (nSPS) is 15.5. The third kappa shape index (κ3) is 1.15. The van der Waals surface area contributed by atoms with Crippen LogP contribution in [0.4, 0.5) is 5.82 Å². The second-order valence-electron chi connectivity index (χ2n) is 2.23. The lowest BCUT2D eigenvalue weighted by Crippen LogP contribution is -2.30. The first-order valence-corrected chi connectivity index (χ1v) is 3.36. The molecular weight excluding hydrogens is 174 g/mol. The molecule has 1 aliphatic heterocycles. The van der Waals surface area contributed by atoms with E-state index in [2.05, 4.69) is 20.6 Å². The van der Waals surface area contributed by atoms with Gasteiger partial charge in [0, 0.05) is 12.2 Å². The van der Waals surface area contributed by atoms with Crippen LogP contribution in [-0.4, -0.2) is 32.4 Å². The van der Waals surface area contributed by atoms with Crippen LogP contribution in [0.2, 0.25) is 0 Å². The van der Waals surface area contributed by atoms with Crippen LogP contribution < -0.4 is 4.90 Å². The van der Waals surface area contributed by atoms with Gasteiger partial charge in [0.15, 0.2) is 5.82 Å². The maximum Gasteiger partial charge on any atom is 0.259 e. The molecule has 0 fully saturated rings. The Morgan fingerprint density at radius 2 is 1.77 bits per heavy atom. The molecule has 0 atom stereocenters. The van der Waals surface area contributed by atoms with E-state index in [1.54, 1.807) is 0 Å². The van der Waals surface area contributed by atoms with E-state index in [-0.39, 0.29) is 5.82 Å². The lowest BCUT2D eigenvalue weighted by atomic mass is 10.5. The van der Waals surface area contributed by atoms with Gasteiger partial charge in [0.1, 0.15) is 0 Å². The zero-order valence-electron chi connectivity index (χ0n) is 6.28. The van der Waals surface area contributed by atoms with E-state index in [0.29, 0.717) is 0 Å². The highest BCUT2D eigenvalue weighted by molar-refractivity contribution is 6.27. The molecule has 0 spiro atoms. The minimum absolute atomic E-state index is 0.0787. The molecular formula is C6H3N5O2. The summed E-state index contributed by atoms with van der Waals surface area (Å²) in [6.07, 6.45) is 3.50. The van der Waals surface area contributed by atoms with E-state index >= 15 is 0 Å². The van der Waals surface area contributed by atoms with Crippen LogP contribution in [0.25, 0.3) is 0 Å². The van der Waals surface area contributed by atoms with Gasteiger partial charge >= 0.3 is 0 Å². The fraction of sp³-hybridized carbons (Fsp3) is 0. The van der Waals surface area contributed by atoms with Crippen LogP contribution in [0.3, 0.4) is 0 Å². The Kier molecular flexibility index (Phi) is 1.55. The standard InChI is InChI=1S/C6H3N5O2/c12-5-1-2-6(13)11(5)4-3-7-9-10-8-4/h1-3H. The van der Waals surface area contributed by atoms with Crippen molar-refractivity contribution in [3.8, 4) is 0 Å². The van der Waals surface area contributed by atoms with E-state index in [1.165, 1.54) is 6.20 Å². The van der Waals surface area contributed by atoms with E-state index in [4.69, 9.17) is 0 Å². The fourth-order valence-corrected chi connectivity index (χ4v) is 0.921. The van der Waals surface area contributed by atoms with Gasteiger partial charge in [0.25, 0.3) is 11.8 Å². The summed E-state index contributed by atoms with van der Waals surface area (Å²) in [6.45, 7) is 0. The summed E-state index contributed by atoms with van der Waals surface area (Å²) in [5.74, 6) is -0.824. The monoisotopic (exact) mass is 177 g/mol. The van der Waals surface area contributed by atoms with Crippen LogP contribution >= 0.6 is 0 Å². The van der Waals surface area contributed by atoms with Gasteiger partial charge in [-0.3, -0.25) is 9.59 Å². The van der Waals surface area contributed by atoms with Crippen molar-refractivity contribution >= 4 is 17.6 Å². The molecule has 13 heavy (non-hydrogen) atoms. The van der Waals surface area contributed by atoms with Crippen molar-refractivity contribution in [2.24, 2.45) is 0 Å². The van der Waals surface area contributed by atoms with E-state index < -0.39 is 11.8 Å². The van der Waals surface area contributed by atoms with Gasteiger partial charge in [0.05, 0.1) is 6.20 Å². The predicted molar refractivity (Wildman–Crippen MR) is 39.3 cm³/mol. The number of carbonyl (C=O) groups excluding carboxylic acids is 2. The second kappa shape index (κ2) is 2.70. The summed E-state index contributed by atoms with van der Waals surface area (Å²) in [4.78, 5) is 23.0. The maximum absolute atomic E-state index is 11.1. The van der Waals surface area contributed by atoms with Crippen molar-refractivity contribution in [3.05, 3.63) is 18.3 Å². The van der Waals surface area contributed by atoms with Gasteiger partial charge in [0.2, 0.25) is 0 Å². The SMILES string of the molecule is O=C1C=CC(=O)N1c1cnnnn1. The molecule has 0 unspecified atom stereocenters. The molecule has 0 aliphatic carbocycles. The number of nitrogens with zero attached hydrogens (tertiary/aromatic N) is 5. The third-order valence-electron chi connectivity index (χ3n) is 1.45. The maximum atomic E-state index is 11.1. The zero-order chi connectivity index (χ0) is 9.26. The summed E-state index contributed by atoms with van der Waals surface area (Å²) in [5.41, 5.74) is 0. The van der Waals surface area contributed by atoms with Crippen LogP contribution in [0.15, 0.2) is 18.3 Å². The Hall–Kier alpha value is -2.18. The van der Waals surface area contributed by atoms with E-state index in [0.717, 1.165) is 17.1 Å². The first-order chi connectivity index (χ1) is 6.29. The molecule has 1 aromatic rings. The molecule has 0 radical (unpaired) electrons. The molecule has 2 amide bonds. The fourth-order valence-electron chi connectivity index (χ4n) is 0.921. The Morgan fingerprint density at radius 1 is 1.08 bits per heavy atom. The molecule has 0 aromatic carbocycles. The predicted octanol–water partition coefficient (Wildman–Crippen LogP) is -1.30. The molecule has 2 heterocycles. The first kappa shape index (κ1) is 7.47. The highest BCUT2D eigenvalue weighted by Gasteiger charge is 2.26. The van der Waals surface area contributed by atoms with Gasteiger partial charge in [-0.2, -0.15) is 0 Å². The highest BCUT2D eigenvalue weighted by atomic mass is 16.2. The largest absolute Gasteiger partial charge is 0.269 e. The van der Waals surface area contributed by atoms with E-state index in [1.807, 2.05) is 0 Å². The Bertz CT molecular complexity index is 369. The summed E-state index contributed by atoms with van der Waals surface area (Å²) >= 11 is 0. The molecule has 64 valence electrons.